The van der Waals surface area contributed by atoms with E-state index in [0.717, 1.165) is 17.5 Å². The molecule has 6 nitrogen and oxygen atoms in total. The molecule has 0 saturated heterocycles. The minimum atomic E-state index is -0.881. The molecule has 1 aliphatic heterocycles. The van der Waals surface area contributed by atoms with E-state index >= 15 is 0 Å². The highest BCUT2D eigenvalue weighted by Crippen LogP contribution is 2.27. The lowest BCUT2D eigenvalue weighted by Crippen LogP contribution is -2.45. The van der Waals surface area contributed by atoms with Crippen molar-refractivity contribution in [3.8, 4) is 11.8 Å². The van der Waals surface area contributed by atoms with Gasteiger partial charge in [-0.15, -0.1) is 0 Å². The Morgan fingerprint density at radius 2 is 2.03 bits per heavy atom. The molecular formula is C23H24N2O4. The summed E-state index contributed by atoms with van der Waals surface area (Å²) in [6.45, 7) is 2.89. The molecule has 150 valence electrons. The van der Waals surface area contributed by atoms with Gasteiger partial charge in [0.2, 0.25) is 0 Å². The Hall–Kier alpha value is -3.33. The Balaban J connectivity index is 1.69. The first-order chi connectivity index (χ1) is 14.0. The van der Waals surface area contributed by atoms with E-state index in [9.17, 15) is 14.7 Å². The molecule has 1 N–H and O–H groups in total. The first-order valence-electron chi connectivity index (χ1n) is 9.79. The maximum Gasteiger partial charge on any atom is 0.305 e. The molecule has 0 aliphatic carbocycles. The fourth-order valence-electron chi connectivity index (χ4n) is 3.67. The Morgan fingerprint density at radius 1 is 1.28 bits per heavy atom. The number of carboxylic acids is 1. The van der Waals surface area contributed by atoms with Gasteiger partial charge < -0.3 is 14.7 Å². The van der Waals surface area contributed by atoms with Crippen LogP contribution in [0.15, 0.2) is 42.5 Å². The second kappa shape index (κ2) is 9.24. The smallest absolute Gasteiger partial charge is 0.305 e. The van der Waals surface area contributed by atoms with E-state index in [1.807, 2.05) is 25.1 Å². The molecule has 1 amide bonds. The molecule has 2 aromatic rings. The van der Waals surface area contributed by atoms with Crippen LogP contribution in [0.2, 0.25) is 0 Å². The Kier molecular flexibility index (Phi) is 6.50. The van der Waals surface area contributed by atoms with Gasteiger partial charge in [-0.3, -0.25) is 9.59 Å². The molecular weight excluding hydrogens is 368 g/mol. The van der Waals surface area contributed by atoms with Crippen LogP contribution in [0.4, 0.5) is 0 Å². The summed E-state index contributed by atoms with van der Waals surface area (Å²) in [7, 11) is 0. The molecule has 1 aliphatic rings. The van der Waals surface area contributed by atoms with Crippen molar-refractivity contribution in [3.63, 3.8) is 0 Å². The van der Waals surface area contributed by atoms with E-state index in [-0.39, 0.29) is 18.4 Å². The molecule has 3 rings (SSSR count). The first kappa shape index (κ1) is 20.4. The minimum absolute atomic E-state index is 0.0271. The summed E-state index contributed by atoms with van der Waals surface area (Å²) in [5, 5.41) is 18.0. The van der Waals surface area contributed by atoms with E-state index in [2.05, 4.69) is 6.07 Å². The van der Waals surface area contributed by atoms with Crippen molar-refractivity contribution >= 4 is 11.9 Å². The van der Waals surface area contributed by atoms with E-state index in [0.29, 0.717) is 42.9 Å². The molecule has 0 fully saturated rings. The Bertz CT molecular complexity index is 931. The lowest BCUT2D eigenvalue weighted by atomic mass is 9.95. The van der Waals surface area contributed by atoms with Crippen molar-refractivity contribution in [2.75, 3.05) is 6.54 Å². The van der Waals surface area contributed by atoms with E-state index in [4.69, 9.17) is 10.00 Å². The van der Waals surface area contributed by atoms with Crippen molar-refractivity contribution in [1.29, 1.82) is 5.26 Å². The molecule has 0 spiro atoms. The summed E-state index contributed by atoms with van der Waals surface area (Å²) >= 11 is 0. The van der Waals surface area contributed by atoms with E-state index < -0.39 is 5.97 Å². The zero-order valence-electron chi connectivity index (χ0n) is 16.4. The van der Waals surface area contributed by atoms with Crippen LogP contribution in [0.1, 0.15) is 53.2 Å². The molecule has 6 heteroatoms. The topological polar surface area (TPSA) is 90.6 Å². The monoisotopic (exact) mass is 392 g/mol. The van der Waals surface area contributed by atoms with Gasteiger partial charge in [-0.05, 0) is 54.3 Å². The zero-order valence-corrected chi connectivity index (χ0v) is 16.4. The Labute approximate surface area is 170 Å². The molecule has 0 radical (unpaired) electrons. The lowest BCUT2D eigenvalue weighted by Gasteiger charge is -2.35. The van der Waals surface area contributed by atoms with E-state index in [1.165, 1.54) is 0 Å². The van der Waals surface area contributed by atoms with Crippen LogP contribution in [-0.2, 0) is 17.8 Å². The largest absolute Gasteiger partial charge is 0.489 e. The summed E-state index contributed by atoms with van der Waals surface area (Å²) in [6.07, 6.45) is 2.16. The van der Waals surface area contributed by atoms with Crippen molar-refractivity contribution in [2.24, 2.45) is 0 Å². The molecule has 1 heterocycles. The molecule has 0 saturated carbocycles. The van der Waals surface area contributed by atoms with Gasteiger partial charge in [-0.2, -0.15) is 5.26 Å². The highest BCUT2D eigenvalue weighted by Gasteiger charge is 2.30. The first-order valence-corrected chi connectivity index (χ1v) is 9.79. The number of carbonyl (C=O) groups excluding carboxylic acids is 1. The predicted molar refractivity (Wildman–Crippen MR) is 108 cm³/mol. The zero-order chi connectivity index (χ0) is 20.8. The molecule has 1 unspecified atom stereocenters. The quantitative estimate of drug-likeness (QED) is 0.738. The highest BCUT2D eigenvalue weighted by molar-refractivity contribution is 5.97. The fraction of sp³-hybridized carbons (Fsp3) is 0.348. The molecule has 0 bridgehead atoms. The van der Waals surface area contributed by atoms with Crippen molar-refractivity contribution in [3.05, 3.63) is 64.7 Å². The number of hydrogen-bond donors (Lipinski definition) is 1. The number of nitrogens with zero attached hydrogens (tertiary/aromatic N) is 2. The number of aliphatic carboxylic acids is 1. The van der Waals surface area contributed by atoms with Gasteiger partial charge in [0, 0.05) is 18.2 Å². The number of benzene rings is 2. The SMILES string of the molecule is CCCC(CC(=O)O)N1CCc2cc(OCc3ccc(C#N)cc3)ccc2C1=O. The minimum Gasteiger partial charge on any atom is -0.489 e. The summed E-state index contributed by atoms with van der Waals surface area (Å²) in [4.78, 5) is 25.8. The van der Waals surface area contributed by atoms with Crippen LogP contribution in [0.3, 0.4) is 0 Å². The number of carboxylic acid groups (broad SMARTS) is 1. The summed E-state index contributed by atoms with van der Waals surface area (Å²) in [5.41, 5.74) is 3.11. The van der Waals surface area contributed by atoms with Crippen LogP contribution in [0, 0.1) is 11.3 Å². The predicted octanol–water partition coefficient (Wildman–Crippen LogP) is 3.78. The van der Waals surface area contributed by atoms with Gasteiger partial charge in [-0.1, -0.05) is 25.5 Å². The fourth-order valence-corrected chi connectivity index (χ4v) is 3.67. The second-order valence-electron chi connectivity index (χ2n) is 7.21. The summed E-state index contributed by atoms with van der Waals surface area (Å²) in [6, 6.07) is 14.5. The molecule has 1 atom stereocenters. The normalized spacial score (nSPS) is 14.1. The van der Waals surface area contributed by atoms with Gasteiger partial charge >= 0.3 is 5.97 Å². The number of rotatable bonds is 8. The molecule has 29 heavy (non-hydrogen) atoms. The standard InChI is InChI=1S/C23H24N2O4/c1-2-3-19(13-22(26)27)25-11-10-18-12-20(8-9-21(18)23(25)28)29-15-17-6-4-16(14-24)5-7-17/h4-9,12,19H,2-3,10-11,13,15H2,1H3,(H,26,27). The Morgan fingerprint density at radius 3 is 2.69 bits per heavy atom. The third-order valence-corrected chi connectivity index (χ3v) is 5.15. The number of nitriles is 1. The van der Waals surface area contributed by atoms with Crippen LogP contribution < -0.4 is 4.74 Å². The lowest BCUT2D eigenvalue weighted by molar-refractivity contribution is -0.138. The number of fused-ring (bicyclic) bond motifs is 1. The number of amides is 1. The van der Waals surface area contributed by atoms with Crippen LogP contribution in [-0.4, -0.2) is 34.5 Å². The van der Waals surface area contributed by atoms with Gasteiger partial charge in [0.25, 0.3) is 5.91 Å². The average molecular weight is 392 g/mol. The number of hydrogen-bond acceptors (Lipinski definition) is 4. The van der Waals surface area contributed by atoms with Gasteiger partial charge in [0.05, 0.1) is 18.1 Å². The van der Waals surface area contributed by atoms with Crippen LogP contribution >= 0.6 is 0 Å². The van der Waals surface area contributed by atoms with Crippen molar-refractivity contribution < 1.29 is 19.4 Å². The van der Waals surface area contributed by atoms with Crippen molar-refractivity contribution in [2.45, 2.75) is 45.3 Å². The maximum absolute atomic E-state index is 12.9. The highest BCUT2D eigenvalue weighted by atomic mass is 16.5. The van der Waals surface area contributed by atoms with Crippen LogP contribution in [0.5, 0.6) is 5.75 Å². The molecule has 2 aromatic carbocycles. The maximum atomic E-state index is 12.9. The molecule has 0 aromatic heterocycles. The second-order valence-corrected chi connectivity index (χ2v) is 7.21. The number of carbonyl (C=O) groups is 2. The van der Waals surface area contributed by atoms with E-state index in [1.54, 1.807) is 29.2 Å². The van der Waals surface area contributed by atoms with Gasteiger partial charge in [0.1, 0.15) is 12.4 Å². The third kappa shape index (κ3) is 4.94. The van der Waals surface area contributed by atoms with Gasteiger partial charge in [-0.25, -0.2) is 0 Å². The average Bonchev–Trinajstić information content (AvgIpc) is 2.72. The third-order valence-electron chi connectivity index (χ3n) is 5.15. The number of ether oxygens (including phenoxy) is 1. The van der Waals surface area contributed by atoms with Crippen molar-refractivity contribution in [1.82, 2.24) is 4.90 Å². The van der Waals surface area contributed by atoms with Crippen LogP contribution in [0.25, 0.3) is 0 Å². The summed E-state index contributed by atoms with van der Waals surface area (Å²) in [5.74, 6) is -0.303. The van der Waals surface area contributed by atoms with Gasteiger partial charge in [0.15, 0.2) is 0 Å². The summed E-state index contributed by atoms with van der Waals surface area (Å²) < 4.78 is 5.85.